The number of nitrogens with zero attached hydrogens (tertiary/aromatic N) is 3. The van der Waals surface area contributed by atoms with Crippen molar-refractivity contribution in [2.75, 3.05) is 39.5 Å². The number of aromatic nitrogens is 2. The Balaban J connectivity index is 1.46. The van der Waals surface area contributed by atoms with Crippen LogP contribution in [0.1, 0.15) is 25.1 Å². The van der Waals surface area contributed by atoms with Crippen molar-refractivity contribution in [2.45, 2.75) is 38.3 Å². The topological polar surface area (TPSA) is 76.8 Å². The molecule has 2 aromatic heterocycles. The van der Waals surface area contributed by atoms with Gasteiger partial charge in [0.1, 0.15) is 23.4 Å². The highest BCUT2D eigenvalue weighted by atomic mass is 79.9. The van der Waals surface area contributed by atoms with Crippen LogP contribution in [-0.4, -0.2) is 65.1 Å². The number of benzene rings is 1. The average molecular weight is 508 g/mol. The Kier molecular flexibility index (Phi) is 6.30. The smallest absolute Gasteiger partial charge is 0.262 e. The van der Waals surface area contributed by atoms with Gasteiger partial charge >= 0.3 is 0 Å². The zero-order valence-electron chi connectivity index (χ0n) is 17.3. The molecule has 1 atom stereocenters. The summed E-state index contributed by atoms with van der Waals surface area (Å²) >= 11 is 5.08. The molecule has 1 fully saturated rings. The largest absolute Gasteiger partial charge is 0.488 e. The second-order valence-electron chi connectivity index (χ2n) is 8.21. The first-order valence-corrected chi connectivity index (χ1v) is 12.5. The van der Waals surface area contributed by atoms with Gasteiger partial charge in [-0.2, -0.15) is 0 Å². The van der Waals surface area contributed by atoms with Crippen LogP contribution in [0.25, 0.3) is 20.3 Å². The zero-order chi connectivity index (χ0) is 21.4. The van der Waals surface area contributed by atoms with Crippen LogP contribution in [0.2, 0.25) is 0 Å². The maximum atomic E-state index is 13.3. The minimum Gasteiger partial charge on any atom is -0.488 e. The molecule has 2 aliphatic rings. The molecule has 0 radical (unpaired) electrons. The number of thiophene rings is 1. The van der Waals surface area contributed by atoms with Gasteiger partial charge in [0, 0.05) is 38.0 Å². The lowest BCUT2D eigenvalue weighted by atomic mass is 10.2. The highest BCUT2D eigenvalue weighted by molar-refractivity contribution is 9.10. The highest BCUT2D eigenvalue weighted by Gasteiger charge is 2.22. The predicted molar refractivity (Wildman–Crippen MR) is 125 cm³/mol. The summed E-state index contributed by atoms with van der Waals surface area (Å²) in [5.74, 6) is 1.56. The first-order valence-electron chi connectivity index (χ1n) is 10.9. The Labute approximate surface area is 192 Å². The third-order valence-electron chi connectivity index (χ3n) is 6.02. The van der Waals surface area contributed by atoms with E-state index >= 15 is 0 Å². The fraction of sp³-hybridized carbons (Fsp3) is 0.545. The SMILES string of the molecule is O=c1c2c(nc3n1CCCCC3)sc1c(OCC(O)CN3CCOCC3)c(Br)ccc12. The van der Waals surface area contributed by atoms with Gasteiger partial charge in [0.25, 0.3) is 5.56 Å². The summed E-state index contributed by atoms with van der Waals surface area (Å²) in [6.45, 7) is 4.53. The molecule has 1 saturated heterocycles. The van der Waals surface area contributed by atoms with Gasteiger partial charge in [0.05, 0.1) is 27.8 Å². The molecule has 3 aromatic rings. The van der Waals surface area contributed by atoms with E-state index in [2.05, 4.69) is 20.8 Å². The third-order valence-corrected chi connectivity index (χ3v) is 7.74. The number of rotatable bonds is 5. The molecule has 31 heavy (non-hydrogen) atoms. The lowest BCUT2D eigenvalue weighted by molar-refractivity contribution is 0.00475. The van der Waals surface area contributed by atoms with E-state index in [0.717, 1.165) is 70.5 Å². The van der Waals surface area contributed by atoms with Crippen LogP contribution in [-0.2, 0) is 17.7 Å². The van der Waals surface area contributed by atoms with Crippen LogP contribution in [0.15, 0.2) is 21.4 Å². The molecule has 4 heterocycles. The second kappa shape index (κ2) is 9.15. The van der Waals surface area contributed by atoms with E-state index < -0.39 is 6.10 Å². The number of fused-ring (bicyclic) bond motifs is 4. The molecule has 0 aliphatic carbocycles. The summed E-state index contributed by atoms with van der Waals surface area (Å²) in [5, 5.41) is 12.0. The van der Waals surface area contributed by atoms with Crippen LogP contribution in [0.4, 0.5) is 0 Å². The summed E-state index contributed by atoms with van der Waals surface area (Å²) in [6, 6.07) is 3.87. The van der Waals surface area contributed by atoms with Crippen molar-refractivity contribution >= 4 is 47.6 Å². The highest BCUT2D eigenvalue weighted by Crippen LogP contribution is 2.41. The molecule has 166 valence electrons. The number of ether oxygens (including phenoxy) is 2. The van der Waals surface area contributed by atoms with E-state index in [0.29, 0.717) is 30.9 Å². The number of hydrogen-bond acceptors (Lipinski definition) is 7. The van der Waals surface area contributed by atoms with Crippen LogP contribution >= 0.6 is 27.3 Å². The molecule has 5 rings (SSSR count). The van der Waals surface area contributed by atoms with Crippen LogP contribution in [0.3, 0.4) is 0 Å². The Morgan fingerprint density at radius 2 is 2.06 bits per heavy atom. The maximum Gasteiger partial charge on any atom is 0.262 e. The van der Waals surface area contributed by atoms with E-state index in [9.17, 15) is 9.90 Å². The van der Waals surface area contributed by atoms with Gasteiger partial charge in [-0.1, -0.05) is 12.5 Å². The first-order chi connectivity index (χ1) is 15.1. The Morgan fingerprint density at radius 1 is 1.23 bits per heavy atom. The number of morpholine rings is 1. The molecule has 1 unspecified atom stereocenters. The van der Waals surface area contributed by atoms with Gasteiger partial charge in [0.15, 0.2) is 5.75 Å². The summed E-state index contributed by atoms with van der Waals surface area (Å²) in [6.07, 6.45) is 3.47. The number of aryl methyl sites for hydroxylation is 1. The van der Waals surface area contributed by atoms with E-state index in [4.69, 9.17) is 14.5 Å². The van der Waals surface area contributed by atoms with Crippen LogP contribution in [0.5, 0.6) is 5.75 Å². The first kappa shape index (κ1) is 21.3. The number of halogens is 1. The number of aliphatic hydroxyl groups excluding tert-OH is 1. The quantitative estimate of drug-likeness (QED) is 0.571. The van der Waals surface area contributed by atoms with E-state index in [1.165, 1.54) is 11.3 Å². The summed E-state index contributed by atoms with van der Waals surface area (Å²) in [5.41, 5.74) is 0.0498. The van der Waals surface area contributed by atoms with Crippen molar-refractivity contribution in [1.29, 1.82) is 0 Å². The van der Waals surface area contributed by atoms with Crippen molar-refractivity contribution in [3.05, 3.63) is 32.8 Å². The monoisotopic (exact) mass is 507 g/mol. The second-order valence-corrected chi connectivity index (χ2v) is 10.1. The average Bonchev–Trinajstić information content (AvgIpc) is 2.96. The molecule has 9 heteroatoms. The summed E-state index contributed by atoms with van der Waals surface area (Å²) in [7, 11) is 0. The molecular weight excluding hydrogens is 482 g/mol. The van der Waals surface area contributed by atoms with E-state index in [-0.39, 0.29) is 12.2 Å². The molecule has 0 amide bonds. The van der Waals surface area contributed by atoms with Crippen LogP contribution < -0.4 is 10.3 Å². The molecule has 1 aromatic carbocycles. The van der Waals surface area contributed by atoms with Gasteiger partial charge in [-0.25, -0.2) is 4.98 Å². The number of aliphatic hydroxyl groups is 1. The van der Waals surface area contributed by atoms with Gasteiger partial charge in [0.2, 0.25) is 0 Å². The van der Waals surface area contributed by atoms with Crippen molar-refractivity contribution in [3.8, 4) is 5.75 Å². The third kappa shape index (κ3) is 4.26. The standard InChI is InChI=1S/C22H26BrN3O4S/c23-16-6-5-15-18-21(24-17-4-2-1-3-7-26(17)22(18)28)31-20(15)19(16)30-13-14(27)12-25-8-10-29-11-9-25/h5-6,14,27H,1-4,7-13H2. The van der Waals surface area contributed by atoms with Crippen molar-refractivity contribution in [1.82, 2.24) is 14.5 Å². The number of β-amino-alcohol motifs (C(OH)–C–C–N with tert-alkyl or cyclic N) is 1. The zero-order valence-corrected chi connectivity index (χ0v) is 19.7. The normalized spacial score (nSPS) is 18.8. The fourth-order valence-corrected chi connectivity index (χ4v) is 6.18. The minimum absolute atomic E-state index is 0.0498. The van der Waals surface area contributed by atoms with Crippen molar-refractivity contribution in [2.24, 2.45) is 0 Å². The Hall–Kier alpha value is -1.52. The maximum absolute atomic E-state index is 13.3. The van der Waals surface area contributed by atoms with Crippen molar-refractivity contribution in [3.63, 3.8) is 0 Å². The molecule has 7 nitrogen and oxygen atoms in total. The molecule has 0 saturated carbocycles. The van der Waals surface area contributed by atoms with Gasteiger partial charge in [-0.3, -0.25) is 14.3 Å². The molecule has 0 bridgehead atoms. The lowest BCUT2D eigenvalue weighted by Gasteiger charge is -2.28. The summed E-state index contributed by atoms with van der Waals surface area (Å²) in [4.78, 5) is 21.1. The molecule has 0 spiro atoms. The van der Waals surface area contributed by atoms with E-state index in [1.54, 1.807) is 0 Å². The number of hydrogen-bond donors (Lipinski definition) is 1. The van der Waals surface area contributed by atoms with Gasteiger partial charge < -0.3 is 14.6 Å². The van der Waals surface area contributed by atoms with E-state index in [1.807, 2.05) is 16.7 Å². The minimum atomic E-state index is -0.602. The Bertz CT molecular complexity index is 1160. The lowest BCUT2D eigenvalue weighted by Crippen LogP contribution is -2.42. The summed E-state index contributed by atoms with van der Waals surface area (Å²) < 4.78 is 15.0. The fourth-order valence-electron chi connectivity index (χ4n) is 4.41. The molecule has 2 aliphatic heterocycles. The molecular formula is C22H26BrN3O4S. The van der Waals surface area contributed by atoms with Gasteiger partial charge in [-0.15, -0.1) is 11.3 Å². The van der Waals surface area contributed by atoms with Gasteiger partial charge in [-0.05, 0) is 34.8 Å². The van der Waals surface area contributed by atoms with Crippen LogP contribution in [0, 0.1) is 0 Å². The molecule has 1 N–H and O–H groups in total. The van der Waals surface area contributed by atoms with Crippen molar-refractivity contribution < 1.29 is 14.6 Å². The predicted octanol–water partition coefficient (Wildman–Crippen LogP) is 3.17. The Morgan fingerprint density at radius 3 is 2.90 bits per heavy atom.